The van der Waals surface area contributed by atoms with Crippen LogP contribution < -0.4 is 0 Å². The third kappa shape index (κ3) is 6.97. The summed E-state index contributed by atoms with van der Waals surface area (Å²) in [4.78, 5) is 12.9. The van der Waals surface area contributed by atoms with Crippen LogP contribution in [0.2, 0.25) is 0 Å². The molecule has 4 nitrogen and oxygen atoms in total. The highest BCUT2D eigenvalue weighted by molar-refractivity contribution is 5.66. The van der Waals surface area contributed by atoms with Crippen LogP contribution >= 0.6 is 0 Å². The number of ether oxygens (including phenoxy) is 1. The predicted molar refractivity (Wildman–Crippen MR) is 71.7 cm³/mol. The van der Waals surface area contributed by atoms with Gasteiger partial charge in [-0.1, -0.05) is 0 Å². The summed E-state index contributed by atoms with van der Waals surface area (Å²) in [5.41, 5.74) is -0.0557. The summed E-state index contributed by atoms with van der Waals surface area (Å²) >= 11 is 0. The normalized spacial score (nSPS) is 19.1. The highest BCUT2D eigenvalue weighted by Crippen LogP contribution is 2.21. The van der Waals surface area contributed by atoms with Crippen molar-refractivity contribution >= 4 is 5.97 Å². The summed E-state index contributed by atoms with van der Waals surface area (Å²) in [7, 11) is 0. The molecular formula is C14H27NO3. The second-order valence-electron chi connectivity index (χ2n) is 6.18. The lowest BCUT2D eigenvalue weighted by atomic mass is 9.92. The van der Waals surface area contributed by atoms with E-state index >= 15 is 0 Å². The molecule has 0 aromatic rings. The van der Waals surface area contributed by atoms with Gasteiger partial charge in [-0.15, -0.1) is 0 Å². The van der Waals surface area contributed by atoms with Crippen LogP contribution in [0, 0.1) is 5.92 Å². The summed E-state index contributed by atoms with van der Waals surface area (Å²) < 4.78 is 5.72. The van der Waals surface area contributed by atoms with Crippen molar-refractivity contribution in [3.05, 3.63) is 0 Å². The number of hydrogen-bond donors (Lipinski definition) is 1. The van der Waals surface area contributed by atoms with Crippen molar-refractivity contribution in [2.24, 2.45) is 5.92 Å². The van der Waals surface area contributed by atoms with E-state index in [-0.39, 0.29) is 5.60 Å². The molecule has 0 aromatic carbocycles. The van der Waals surface area contributed by atoms with Gasteiger partial charge in [-0.25, -0.2) is 0 Å². The first-order chi connectivity index (χ1) is 8.37. The first-order valence-electron chi connectivity index (χ1n) is 6.95. The quantitative estimate of drug-likeness (QED) is 0.793. The fourth-order valence-electron chi connectivity index (χ4n) is 2.31. The first-order valence-corrected chi connectivity index (χ1v) is 6.95. The zero-order valence-electron chi connectivity index (χ0n) is 11.9. The zero-order valence-corrected chi connectivity index (χ0v) is 11.9. The number of carbonyl (C=O) groups is 1. The number of carboxylic acids is 1. The molecule has 0 aromatic heterocycles. The maximum atomic E-state index is 10.5. The highest BCUT2D eigenvalue weighted by Gasteiger charge is 2.20. The predicted octanol–water partition coefficient (Wildman–Crippen LogP) is 2.38. The van der Waals surface area contributed by atoms with E-state index in [0.29, 0.717) is 12.3 Å². The van der Waals surface area contributed by atoms with Crippen molar-refractivity contribution in [2.45, 2.75) is 52.1 Å². The minimum Gasteiger partial charge on any atom is -0.481 e. The molecule has 0 saturated carbocycles. The van der Waals surface area contributed by atoms with E-state index in [2.05, 4.69) is 25.7 Å². The van der Waals surface area contributed by atoms with E-state index in [9.17, 15) is 4.79 Å². The molecule has 0 unspecified atom stereocenters. The molecule has 18 heavy (non-hydrogen) atoms. The van der Waals surface area contributed by atoms with Gasteiger partial charge in [-0.05, 0) is 59.0 Å². The lowest BCUT2D eigenvalue weighted by Crippen LogP contribution is -2.37. The molecule has 1 saturated heterocycles. The summed E-state index contributed by atoms with van der Waals surface area (Å²) in [5.74, 6) is -0.0723. The highest BCUT2D eigenvalue weighted by atomic mass is 16.5. The second kappa shape index (κ2) is 7.10. The smallest absolute Gasteiger partial charge is 0.303 e. The van der Waals surface area contributed by atoms with Crippen molar-refractivity contribution in [3.63, 3.8) is 0 Å². The molecule has 1 rings (SSSR count). The van der Waals surface area contributed by atoms with Crippen LogP contribution in [0.3, 0.4) is 0 Å². The number of piperidine rings is 1. The Balaban J connectivity index is 2.10. The van der Waals surface area contributed by atoms with Crippen LogP contribution in [-0.4, -0.2) is 47.8 Å². The second-order valence-corrected chi connectivity index (χ2v) is 6.18. The topological polar surface area (TPSA) is 49.8 Å². The summed E-state index contributed by atoms with van der Waals surface area (Å²) in [6, 6.07) is 0. The fraction of sp³-hybridized carbons (Fsp3) is 0.929. The third-order valence-electron chi connectivity index (χ3n) is 3.42. The molecule has 0 aliphatic carbocycles. The molecule has 0 radical (unpaired) electrons. The molecule has 1 fully saturated rings. The van der Waals surface area contributed by atoms with Gasteiger partial charge < -0.3 is 14.7 Å². The standard InChI is InChI=1S/C14H27NO3/c1-14(2,3)18-11-10-15-8-6-12(7-9-15)4-5-13(16)17/h12H,4-11H2,1-3H3,(H,16,17). The summed E-state index contributed by atoms with van der Waals surface area (Å²) in [6.07, 6.45) is 3.41. The molecule has 1 aliphatic rings. The minimum atomic E-state index is -0.670. The first kappa shape index (κ1) is 15.4. The van der Waals surface area contributed by atoms with E-state index in [1.54, 1.807) is 0 Å². The van der Waals surface area contributed by atoms with Crippen LogP contribution in [0.5, 0.6) is 0 Å². The maximum Gasteiger partial charge on any atom is 0.303 e. The van der Waals surface area contributed by atoms with Gasteiger partial charge in [0.2, 0.25) is 0 Å². The molecular weight excluding hydrogens is 230 g/mol. The van der Waals surface area contributed by atoms with Crippen molar-refractivity contribution in [1.29, 1.82) is 0 Å². The molecule has 1 aliphatic heterocycles. The summed E-state index contributed by atoms with van der Waals surface area (Å²) in [6.45, 7) is 10.2. The van der Waals surface area contributed by atoms with Crippen molar-refractivity contribution in [3.8, 4) is 0 Å². The van der Waals surface area contributed by atoms with E-state index in [0.717, 1.165) is 45.5 Å². The van der Waals surface area contributed by atoms with Crippen LogP contribution in [0.25, 0.3) is 0 Å². The SMILES string of the molecule is CC(C)(C)OCCN1CCC(CCC(=O)O)CC1. The van der Waals surface area contributed by atoms with Gasteiger partial charge in [-0.2, -0.15) is 0 Å². The Labute approximate surface area is 110 Å². The molecule has 106 valence electrons. The Morgan fingerprint density at radius 1 is 1.33 bits per heavy atom. The Bertz CT molecular complexity index is 252. The Hall–Kier alpha value is -0.610. The largest absolute Gasteiger partial charge is 0.481 e. The van der Waals surface area contributed by atoms with Gasteiger partial charge >= 0.3 is 5.97 Å². The number of aliphatic carboxylic acids is 1. The van der Waals surface area contributed by atoms with Crippen molar-refractivity contribution in [1.82, 2.24) is 4.90 Å². The monoisotopic (exact) mass is 257 g/mol. The van der Waals surface area contributed by atoms with E-state index in [1.807, 2.05) is 0 Å². The van der Waals surface area contributed by atoms with Gasteiger partial charge in [0.1, 0.15) is 0 Å². The third-order valence-corrected chi connectivity index (χ3v) is 3.42. The van der Waals surface area contributed by atoms with Gasteiger partial charge in [0.15, 0.2) is 0 Å². The Kier molecular flexibility index (Phi) is 6.09. The average Bonchev–Trinajstić information content (AvgIpc) is 2.26. The molecule has 4 heteroatoms. The molecule has 0 bridgehead atoms. The van der Waals surface area contributed by atoms with Crippen molar-refractivity contribution < 1.29 is 14.6 Å². The molecule has 0 amide bonds. The number of carboxylic acid groups (broad SMARTS) is 1. The zero-order chi connectivity index (χ0) is 13.6. The number of rotatable bonds is 6. The van der Waals surface area contributed by atoms with Gasteiger partial charge in [-0.3, -0.25) is 4.79 Å². The minimum absolute atomic E-state index is 0.0557. The molecule has 0 atom stereocenters. The summed E-state index contributed by atoms with van der Waals surface area (Å²) in [5, 5.41) is 8.66. The van der Waals surface area contributed by atoms with Gasteiger partial charge in [0.25, 0.3) is 0 Å². The Morgan fingerprint density at radius 3 is 2.44 bits per heavy atom. The van der Waals surface area contributed by atoms with E-state index < -0.39 is 5.97 Å². The van der Waals surface area contributed by atoms with Gasteiger partial charge in [0.05, 0.1) is 12.2 Å². The van der Waals surface area contributed by atoms with Crippen LogP contribution in [0.4, 0.5) is 0 Å². The number of likely N-dealkylation sites (tertiary alicyclic amines) is 1. The van der Waals surface area contributed by atoms with E-state index in [1.165, 1.54) is 0 Å². The Morgan fingerprint density at radius 2 is 1.94 bits per heavy atom. The molecule has 0 spiro atoms. The van der Waals surface area contributed by atoms with Crippen molar-refractivity contribution in [2.75, 3.05) is 26.2 Å². The van der Waals surface area contributed by atoms with Crippen LogP contribution in [-0.2, 0) is 9.53 Å². The number of nitrogens with zero attached hydrogens (tertiary/aromatic N) is 1. The maximum absolute atomic E-state index is 10.5. The van der Waals surface area contributed by atoms with Crippen LogP contribution in [0.15, 0.2) is 0 Å². The lowest BCUT2D eigenvalue weighted by molar-refractivity contribution is -0.137. The van der Waals surface area contributed by atoms with E-state index in [4.69, 9.17) is 9.84 Å². The van der Waals surface area contributed by atoms with Crippen LogP contribution in [0.1, 0.15) is 46.5 Å². The molecule has 1 N–H and O–H groups in total. The lowest BCUT2D eigenvalue weighted by Gasteiger charge is -2.32. The number of hydrogen-bond acceptors (Lipinski definition) is 3. The average molecular weight is 257 g/mol. The van der Waals surface area contributed by atoms with Gasteiger partial charge in [0, 0.05) is 13.0 Å². The fourth-order valence-corrected chi connectivity index (χ4v) is 2.31. The molecule has 1 heterocycles.